The molecule has 0 atom stereocenters. The Morgan fingerprint density at radius 3 is 2.47 bits per heavy atom. The first-order valence-corrected chi connectivity index (χ1v) is 10.9. The highest BCUT2D eigenvalue weighted by Gasteiger charge is 2.17. The van der Waals surface area contributed by atoms with Crippen LogP contribution in [0.1, 0.15) is 56.1 Å². The van der Waals surface area contributed by atoms with Gasteiger partial charge in [0.2, 0.25) is 0 Å². The molecule has 0 aromatic heterocycles. The molecule has 1 fully saturated rings. The second kappa shape index (κ2) is 11.0. The largest absolute Gasteiger partial charge is 0.491 e. The number of aliphatic hydroxyl groups is 1. The molecule has 0 heterocycles. The van der Waals surface area contributed by atoms with Crippen LogP contribution in [0.4, 0.5) is 0 Å². The summed E-state index contributed by atoms with van der Waals surface area (Å²) in [4.78, 5) is 11.8. The second-order valence-electron chi connectivity index (χ2n) is 8.01. The van der Waals surface area contributed by atoms with E-state index < -0.39 is 0 Å². The number of carbonyl (C=O) groups is 1. The Morgan fingerprint density at radius 1 is 1.07 bits per heavy atom. The first-order chi connectivity index (χ1) is 14.6. The summed E-state index contributed by atoms with van der Waals surface area (Å²) < 4.78 is 10.8. The van der Waals surface area contributed by atoms with Crippen molar-refractivity contribution in [2.75, 3.05) is 19.8 Å². The van der Waals surface area contributed by atoms with Gasteiger partial charge in [0, 0.05) is 12.0 Å². The van der Waals surface area contributed by atoms with Gasteiger partial charge in [0.05, 0.1) is 13.2 Å². The summed E-state index contributed by atoms with van der Waals surface area (Å²) in [6.45, 7) is 5.93. The third-order valence-electron chi connectivity index (χ3n) is 5.68. The molecule has 1 aliphatic rings. The normalized spacial score (nSPS) is 14.3. The first-order valence-electron chi connectivity index (χ1n) is 10.9. The summed E-state index contributed by atoms with van der Waals surface area (Å²) in [6, 6.07) is 14.7. The van der Waals surface area contributed by atoms with E-state index in [4.69, 9.17) is 14.6 Å². The van der Waals surface area contributed by atoms with Crippen molar-refractivity contribution in [1.29, 1.82) is 0 Å². The molecule has 0 amide bonds. The van der Waals surface area contributed by atoms with Gasteiger partial charge in [-0.05, 0) is 60.1 Å². The molecular formula is C26H32O4. The molecule has 1 N–H and O–H groups in total. The second-order valence-corrected chi connectivity index (χ2v) is 8.01. The Labute approximate surface area is 179 Å². The number of rotatable bonds is 9. The van der Waals surface area contributed by atoms with Gasteiger partial charge in [-0.25, -0.2) is 4.79 Å². The Hall–Kier alpha value is -2.59. The molecule has 4 nitrogen and oxygen atoms in total. The van der Waals surface area contributed by atoms with Crippen molar-refractivity contribution in [3.8, 4) is 16.9 Å². The third-order valence-corrected chi connectivity index (χ3v) is 5.68. The van der Waals surface area contributed by atoms with E-state index >= 15 is 0 Å². The lowest BCUT2D eigenvalue weighted by atomic mass is 9.82. The number of ether oxygens (including phenoxy) is 2. The lowest BCUT2D eigenvalue weighted by Crippen LogP contribution is -2.10. The molecule has 0 spiro atoms. The molecule has 0 unspecified atom stereocenters. The van der Waals surface area contributed by atoms with Gasteiger partial charge in [-0.1, -0.05) is 56.2 Å². The molecular weight excluding hydrogens is 376 g/mol. The third kappa shape index (κ3) is 5.96. The van der Waals surface area contributed by atoms with E-state index in [0.717, 1.165) is 16.9 Å². The molecule has 2 aromatic rings. The number of esters is 1. The van der Waals surface area contributed by atoms with Crippen molar-refractivity contribution in [2.45, 2.75) is 51.4 Å². The average molecular weight is 409 g/mol. The molecule has 4 heteroatoms. The molecule has 1 aliphatic carbocycles. The number of hydrogen-bond donors (Lipinski definition) is 1. The van der Waals surface area contributed by atoms with Gasteiger partial charge in [-0.2, -0.15) is 0 Å². The summed E-state index contributed by atoms with van der Waals surface area (Å²) in [5.74, 6) is 1.02. The molecule has 30 heavy (non-hydrogen) atoms. The van der Waals surface area contributed by atoms with Crippen LogP contribution in [0.25, 0.3) is 11.1 Å². The molecule has 0 radical (unpaired) electrons. The van der Waals surface area contributed by atoms with Gasteiger partial charge in [-0.3, -0.25) is 0 Å². The number of hydrogen-bond acceptors (Lipinski definition) is 4. The Balaban J connectivity index is 1.82. The fourth-order valence-corrected chi connectivity index (χ4v) is 4.06. The topological polar surface area (TPSA) is 55.8 Å². The lowest BCUT2D eigenvalue weighted by Gasteiger charge is -2.23. The highest BCUT2D eigenvalue weighted by molar-refractivity contribution is 5.86. The van der Waals surface area contributed by atoms with Gasteiger partial charge in [-0.15, -0.1) is 0 Å². The van der Waals surface area contributed by atoms with E-state index in [1.807, 2.05) is 24.3 Å². The van der Waals surface area contributed by atoms with E-state index in [1.54, 1.807) is 6.92 Å². The van der Waals surface area contributed by atoms with Crippen molar-refractivity contribution < 1.29 is 19.4 Å². The molecule has 2 aromatic carbocycles. The van der Waals surface area contributed by atoms with Gasteiger partial charge in [0.15, 0.2) is 0 Å². The van der Waals surface area contributed by atoms with Gasteiger partial charge in [0.1, 0.15) is 12.4 Å². The van der Waals surface area contributed by atoms with Gasteiger partial charge in [0.25, 0.3) is 0 Å². The van der Waals surface area contributed by atoms with Crippen LogP contribution in [0, 0.1) is 0 Å². The fraction of sp³-hybridized carbons (Fsp3) is 0.423. The van der Waals surface area contributed by atoms with Crippen LogP contribution >= 0.6 is 0 Å². The Bertz CT molecular complexity index is 848. The first kappa shape index (κ1) is 22.1. The quantitative estimate of drug-likeness (QED) is 0.444. The van der Waals surface area contributed by atoms with E-state index in [1.165, 1.54) is 43.2 Å². The maximum atomic E-state index is 11.8. The minimum absolute atomic E-state index is 0.00255. The van der Waals surface area contributed by atoms with Crippen LogP contribution in [-0.4, -0.2) is 30.9 Å². The van der Waals surface area contributed by atoms with Crippen molar-refractivity contribution in [3.63, 3.8) is 0 Å². The van der Waals surface area contributed by atoms with E-state index in [-0.39, 0.29) is 19.2 Å². The predicted molar refractivity (Wildman–Crippen MR) is 120 cm³/mol. The average Bonchev–Trinajstić information content (AvgIpc) is 2.78. The molecule has 1 saturated carbocycles. The van der Waals surface area contributed by atoms with E-state index in [2.05, 4.69) is 24.8 Å². The predicted octanol–water partition coefficient (Wildman–Crippen LogP) is 5.43. The van der Waals surface area contributed by atoms with E-state index in [0.29, 0.717) is 24.5 Å². The zero-order chi connectivity index (χ0) is 21.3. The molecule has 3 rings (SSSR count). The Kier molecular flexibility index (Phi) is 8.09. The lowest BCUT2D eigenvalue weighted by molar-refractivity contribution is -0.138. The van der Waals surface area contributed by atoms with Gasteiger partial charge < -0.3 is 14.6 Å². The summed E-state index contributed by atoms with van der Waals surface area (Å²) in [7, 11) is 0. The summed E-state index contributed by atoms with van der Waals surface area (Å²) in [6.07, 6.45) is 7.10. The summed E-state index contributed by atoms with van der Waals surface area (Å²) in [5, 5.41) is 8.92. The van der Waals surface area contributed by atoms with Crippen LogP contribution in [0.5, 0.6) is 5.75 Å². The van der Waals surface area contributed by atoms with Crippen molar-refractivity contribution in [1.82, 2.24) is 0 Å². The van der Waals surface area contributed by atoms with Crippen molar-refractivity contribution in [2.24, 2.45) is 0 Å². The number of benzene rings is 2. The zero-order valence-electron chi connectivity index (χ0n) is 17.9. The molecule has 0 bridgehead atoms. The van der Waals surface area contributed by atoms with Crippen LogP contribution in [0.3, 0.4) is 0 Å². The van der Waals surface area contributed by atoms with Crippen LogP contribution < -0.4 is 4.74 Å². The smallest absolute Gasteiger partial charge is 0.333 e. The number of carbonyl (C=O) groups excluding carboxylic acids is 1. The maximum Gasteiger partial charge on any atom is 0.333 e. The van der Waals surface area contributed by atoms with Crippen LogP contribution in [-0.2, 0) is 16.0 Å². The highest BCUT2D eigenvalue weighted by Crippen LogP contribution is 2.35. The van der Waals surface area contributed by atoms with Crippen molar-refractivity contribution >= 4 is 5.97 Å². The van der Waals surface area contributed by atoms with Crippen LogP contribution in [0.15, 0.2) is 54.6 Å². The maximum absolute atomic E-state index is 11.8. The summed E-state index contributed by atoms with van der Waals surface area (Å²) >= 11 is 0. The standard InChI is InChI=1S/C26H32O4/c1-19(2)26(28)30-16-14-23-18-22(20-6-4-3-5-7-20)10-13-25(23)21-8-11-24(12-9-21)29-17-15-27/h8-13,18,20,27H,1,3-7,14-17H2,2H3. The minimum Gasteiger partial charge on any atom is -0.491 e. The Morgan fingerprint density at radius 2 is 1.80 bits per heavy atom. The number of aliphatic hydroxyl groups excluding tert-OH is 1. The molecule has 0 saturated heterocycles. The summed E-state index contributed by atoms with van der Waals surface area (Å²) in [5.41, 5.74) is 5.25. The van der Waals surface area contributed by atoms with Crippen LogP contribution in [0.2, 0.25) is 0 Å². The fourth-order valence-electron chi connectivity index (χ4n) is 4.06. The van der Waals surface area contributed by atoms with Crippen molar-refractivity contribution in [3.05, 3.63) is 65.7 Å². The zero-order valence-corrected chi connectivity index (χ0v) is 17.9. The molecule has 160 valence electrons. The highest BCUT2D eigenvalue weighted by atomic mass is 16.5. The molecule has 0 aliphatic heterocycles. The van der Waals surface area contributed by atoms with Gasteiger partial charge >= 0.3 is 5.97 Å². The SMILES string of the molecule is C=C(C)C(=O)OCCc1cc(C2CCCCC2)ccc1-c1ccc(OCCO)cc1. The monoisotopic (exact) mass is 408 g/mol. The minimum atomic E-state index is -0.342. The van der Waals surface area contributed by atoms with E-state index in [9.17, 15) is 4.79 Å².